The molecule has 1 unspecified atom stereocenters. The predicted octanol–water partition coefficient (Wildman–Crippen LogP) is 2.72. The number of aromatic nitrogens is 2. The molecule has 1 atom stereocenters. The van der Waals surface area contributed by atoms with Crippen molar-refractivity contribution >= 4 is 0 Å². The average Bonchev–Trinajstić information content (AvgIpc) is 3.08. The maximum absolute atomic E-state index is 5.94. The Morgan fingerprint density at radius 1 is 1.37 bits per heavy atom. The second-order valence-electron chi connectivity index (χ2n) is 5.38. The minimum absolute atomic E-state index is 0.0521. The molecule has 1 saturated carbocycles. The van der Waals surface area contributed by atoms with Gasteiger partial charge < -0.3 is 15.0 Å². The molecule has 1 aliphatic carbocycles. The summed E-state index contributed by atoms with van der Waals surface area (Å²) in [5.74, 6) is 1.39. The van der Waals surface area contributed by atoms with Crippen LogP contribution < -0.4 is 5.73 Å². The van der Waals surface area contributed by atoms with Crippen LogP contribution in [0.2, 0.25) is 0 Å². The van der Waals surface area contributed by atoms with E-state index in [0.29, 0.717) is 24.9 Å². The molecule has 0 saturated heterocycles. The summed E-state index contributed by atoms with van der Waals surface area (Å²) in [6.07, 6.45) is 6.40. The van der Waals surface area contributed by atoms with Crippen LogP contribution in [0, 0.1) is 0 Å². The van der Waals surface area contributed by atoms with Gasteiger partial charge in [-0.1, -0.05) is 31.3 Å². The molecule has 2 N–H and O–H groups in total. The van der Waals surface area contributed by atoms with Crippen molar-refractivity contribution in [1.29, 1.82) is 0 Å². The Balaban J connectivity index is 2.16. The molecule has 5 nitrogen and oxygen atoms in total. The highest BCUT2D eigenvalue weighted by atomic mass is 16.5. The summed E-state index contributed by atoms with van der Waals surface area (Å²) < 4.78 is 11.2. The number of nitrogens with zero attached hydrogens (tertiary/aromatic N) is 2. The Bertz CT molecular complexity index is 380. The zero-order chi connectivity index (χ0) is 13.7. The van der Waals surface area contributed by atoms with Crippen LogP contribution in [-0.4, -0.2) is 23.3 Å². The highest BCUT2D eigenvalue weighted by molar-refractivity contribution is 5.09. The zero-order valence-electron chi connectivity index (χ0n) is 12.0. The summed E-state index contributed by atoms with van der Waals surface area (Å²) in [6.45, 7) is 5.37. The van der Waals surface area contributed by atoms with Crippen LogP contribution in [0.4, 0.5) is 0 Å². The van der Waals surface area contributed by atoms with Gasteiger partial charge in [0.1, 0.15) is 6.10 Å². The van der Waals surface area contributed by atoms with Gasteiger partial charge in [0, 0.05) is 13.2 Å². The van der Waals surface area contributed by atoms with E-state index < -0.39 is 0 Å². The molecule has 19 heavy (non-hydrogen) atoms. The van der Waals surface area contributed by atoms with Gasteiger partial charge >= 0.3 is 0 Å². The van der Waals surface area contributed by atoms with E-state index in [1.54, 1.807) is 0 Å². The molecule has 0 bridgehead atoms. The summed E-state index contributed by atoms with van der Waals surface area (Å²) in [7, 11) is 0. The van der Waals surface area contributed by atoms with E-state index in [1.165, 1.54) is 12.8 Å². The van der Waals surface area contributed by atoms with E-state index in [2.05, 4.69) is 17.1 Å². The quantitative estimate of drug-likeness (QED) is 0.822. The van der Waals surface area contributed by atoms with Gasteiger partial charge in [-0.25, -0.2) is 0 Å². The smallest absolute Gasteiger partial charge is 0.234 e. The fourth-order valence-electron chi connectivity index (χ4n) is 2.89. The van der Waals surface area contributed by atoms with E-state index in [1.807, 2.05) is 6.92 Å². The highest BCUT2D eigenvalue weighted by Gasteiger charge is 2.40. The average molecular weight is 267 g/mol. The van der Waals surface area contributed by atoms with E-state index >= 15 is 0 Å². The van der Waals surface area contributed by atoms with Crippen LogP contribution in [0.3, 0.4) is 0 Å². The fourth-order valence-corrected chi connectivity index (χ4v) is 2.89. The van der Waals surface area contributed by atoms with Crippen molar-refractivity contribution in [3.63, 3.8) is 0 Å². The first-order valence-electron chi connectivity index (χ1n) is 7.41. The van der Waals surface area contributed by atoms with Crippen molar-refractivity contribution in [2.45, 2.75) is 63.9 Å². The molecule has 0 radical (unpaired) electrons. The van der Waals surface area contributed by atoms with Gasteiger partial charge in [-0.15, -0.1) is 0 Å². The van der Waals surface area contributed by atoms with Gasteiger partial charge in [0.15, 0.2) is 0 Å². The standard InChI is InChI=1S/C14H25N3O2/c1-3-7-11(18-4-2)12-16-13(19-17-12)14(10-15)8-5-6-9-14/h11H,3-10,15H2,1-2H3. The molecule has 1 aliphatic rings. The maximum Gasteiger partial charge on any atom is 0.234 e. The van der Waals surface area contributed by atoms with Crippen molar-refractivity contribution in [2.75, 3.05) is 13.2 Å². The Morgan fingerprint density at radius 3 is 2.68 bits per heavy atom. The molecule has 0 spiro atoms. The lowest BCUT2D eigenvalue weighted by Gasteiger charge is -2.21. The van der Waals surface area contributed by atoms with Gasteiger partial charge in [0.05, 0.1) is 5.41 Å². The lowest BCUT2D eigenvalue weighted by Crippen LogP contribution is -2.32. The molecular formula is C14H25N3O2. The molecule has 0 aliphatic heterocycles. The summed E-state index contributed by atoms with van der Waals surface area (Å²) >= 11 is 0. The Hall–Kier alpha value is -0.940. The third kappa shape index (κ3) is 2.98. The number of rotatable bonds is 7. The van der Waals surface area contributed by atoms with E-state index in [9.17, 15) is 0 Å². The minimum Gasteiger partial charge on any atom is -0.370 e. The molecule has 0 aromatic carbocycles. The molecule has 5 heteroatoms. The first kappa shape index (κ1) is 14.5. The number of nitrogens with two attached hydrogens (primary N) is 1. The first-order valence-corrected chi connectivity index (χ1v) is 7.41. The SMILES string of the molecule is CCCC(OCC)c1noc(C2(CN)CCCC2)n1. The van der Waals surface area contributed by atoms with Gasteiger partial charge in [0.2, 0.25) is 11.7 Å². The topological polar surface area (TPSA) is 74.2 Å². The number of hydrogen-bond acceptors (Lipinski definition) is 5. The first-order chi connectivity index (χ1) is 9.25. The summed E-state index contributed by atoms with van der Waals surface area (Å²) in [5.41, 5.74) is 5.86. The van der Waals surface area contributed by atoms with Crippen molar-refractivity contribution in [3.8, 4) is 0 Å². The molecule has 1 aromatic rings. The summed E-state index contributed by atoms with van der Waals surface area (Å²) in [4.78, 5) is 4.59. The number of ether oxygens (including phenoxy) is 1. The Labute approximate surface area is 114 Å². The fraction of sp³-hybridized carbons (Fsp3) is 0.857. The number of hydrogen-bond donors (Lipinski definition) is 1. The van der Waals surface area contributed by atoms with Crippen LogP contribution in [0.5, 0.6) is 0 Å². The Kier molecular flexibility index (Phi) is 4.93. The summed E-state index contributed by atoms with van der Waals surface area (Å²) in [5, 5.41) is 4.12. The predicted molar refractivity (Wildman–Crippen MR) is 72.8 cm³/mol. The highest BCUT2D eigenvalue weighted by Crippen LogP contribution is 2.39. The molecule has 108 valence electrons. The lowest BCUT2D eigenvalue weighted by atomic mass is 9.86. The van der Waals surface area contributed by atoms with Crippen molar-refractivity contribution < 1.29 is 9.26 Å². The third-order valence-electron chi connectivity index (χ3n) is 4.05. The van der Waals surface area contributed by atoms with Crippen LogP contribution in [0.1, 0.15) is 70.2 Å². The monoisotopic (exact) mass is 267 g/mol. The third-order valence-corrected chi connectivity index (χ3v) is 4.05. The largest absolute Gasteiger partial charge is 0.370 e. The van der Waals surface area contributed by atoms with Crippen LogP contribution in [0.25, 0.3) is 0 Å². The van der Waals surface area contributed by atoms with Gasteiger partial charge in [-0.2, -0.15) is 4.98 Å². The lowest BCUT2D eigenvalue weighted by molar-refractivity contribution is 0.0477. The molecule has 1 fully saturated rings. The molecule has 2 rings (SSSR count). The van der Waals surface area contributed by atoms with Crippen LogP contribution >= 0.6 is 0 Å². The van der Waals surface area contributed by atoms with E-state index in [0.717, 1.165) is 25.7 Å². The molecule has 1 aromatic heterocycles. The molecular weight excluding hydrogens is 242 g/mol. The zero-order valence-corrected chi connectivity index (χ0v) is 12.0. The van der Waals surface area contributed by atoms with Crippen LogP contribution in [0.15, 0.2) is 4.52 Å². The normalized spacial score (nSPS) is 19.7. The molecule has 1 heterocycles. The second-order valence-corrected chi connectivity index (χ2v) is 5.38. The van der Waals surface area contributed by atoms with E-state index in [-0.39, 0.29) is 11.5 Å². The van der Waals surface area contributed by atoms with Crippen LogP contribution in [-0.2, 0) is 10.2 Å². The second kappa shape index (κ2) is 6.48. The van der Waals surface area contributed by atoms with Gasteiger partial charge in [0.25, 0.3) is 0 Å². The van der Waals surface area contributed by atoms with Crippen molar-refractivity contribution in [2.24, 2.45) is 5.73 Å². The van der Waals surface area contributed by atoms with Gasteiger partial charge in [-0.05, 0) is 26.2 Å². The summed E-state index contributed by atoms with van der Waals surface area (Å²) in [6, 6.07) is 0. The minimum atomic E-state index is -0.0891. The van der Waals surface area contributed by atoms with Gasteiger partial charge in [-0.3, -0.25) is 0 Å². The van der Waals surface area contributed by atoms with Crippen molar-refractivity contribution in [3.05, 3.63) is 11.7 Å². The molecule has 0 amide bonds. The Morgan fingerprint density at radius 2 is 2.11 bits per heavy atom. The maximum atomic E-state index is 5.94. The van der Waals surface area contributed by atoms with Crippen molar-refractivity contribution in [1.82, 2.24) is 10.1 Å². The van der Waals surface area contributed by atoms with E-state index in [4.69, 9.17) is 15.0 Å².